The van der Waals surface area contributed by atoms with Gasteiger partial charge in [-0.3, -0.25) is 0 Å². The Hall–Kier alpha value is -0.730. The summed E-state index contributed by atoms with van der Waals surface area (Å²) in [5.41, 5.74) is 0. The first-order valence-corrected chi connectivity index (χ1v) is 4.90. The molecule has 1 radical (unpaired) electrons. The fourth-order valence-corrected chi connectivity index (χ4v) is 1.70. The van der Waals surface area contributed by atoms with Crippen LogP contribution in [0.5, 0.6) is 0 Å². The van der Waals surface area contributed by atoms with Gasteiger partial charge in [-0.1, -0.05) is 13.3 Å². The van der Waals surface area contributed by atoms with E-state index in [2.05, 4.69) is 6.92 Å². The van der Waals surface area contributed by atoms with Gasteiger partial charge in [0.25, 0.3) is 0 Å². The van der Waals surface area contributed by atoms with Gasteiger partial charge in [0.1, 0.15) is 0 Å². The molecule has 0 unspecified atom stereocenters. The topological polar surface area (TPSA) is 23.6 Å². The van der Waals surface area contributed by atoms with E-state index in [4.69, 9.17) is 0 Å². The third kappa shape index (κ3) is 2.61. The normalized spacial score (nSPS) is 18.8. The number of amides is 2. The molecule has 1 aliphatic heterocycles. The molecule has 1 heterocycles. The Morgan fingerprint density at radius 1 is 1.46 bits per heavy atom. The summed E-state index contributed by atoms with van der Waals surface area (Å²) < 4.78 is 0. The van der Waals surface area contributed by atoms with Crippen LogP contribution in [0.4, 0.5) is 4.79 Å². The number of rotatable bonds is 1. The van der Waals surface area contributed by atoms with Crippen LogP contribution in [-0.2, 0) is 0 Å². The predicted octanol–water partition coefficient (Wildman–Crippen LogP) is 1.60. The van der Waals surface area contributed by atoms with Crippen molar-refractivity contribution < 1.29 is 4.79 Å². The minimum atomic E-state index is 0.141. The first kappa shape index (κ1) is 10.4. The third-order valence-corrected chi connectivity index (χ3v) is 2.68. The van der Waals surface area contributed by atoms with Crippen LogP contribution in [0.3, 0.4) is 0 Å². The van der Waals surface area contributed by atoms with Crippen molar-refractivity contribution >= 4 is 6.03 Å². The molecule has 1 rings (SSSR count). The molecule has 0 bridgehead atoms. The lowest BCUT2D eigenvalue weighted by atomic mass is 9.95. The van der Waals surface area contributed by atoms with E-state index in [9.17, 15) is 4.79 Å². The highest BCUT2D eigenvalue weighted by molar-refractivity contribution is 5.73. The lowest BCUT2D eigenvalue weighted by molar-refractivity contribution is 0.147. The highest BCUT2D eigenvalue weighted by Crippen LogP contribution is 2.20. The highest BCUT2D eigenvalue weighted by Gasteiger charge is 2.22. The Labute approximate surface area is 80.7 Å². The maximum atomic E-state index is 11.5. The van der Waals surface area contributed by atoms with E-state index in [0.717, 1.165) is 38.3 Å². The number of urea groups is 1. The zero-order chi connectivity index (χ0) is 9.84. The van der Waals surface area contributed by atoms with Crippen molar-refractivity contribution in [3.8, 4) is 0 Å². The second-order valence-corrected chi connectivity index (χ2v) is 3.90. The SMILES string of the molecule is [CH2]CC1CCN(C(=O)N(C)C)CC1. The van der Waals surface area contributed by atoms with Gasteiger partial charge in [0.15, 0.2) is 0 Å². The third-order valence-electron chi connectivity index (χ3n) is 2.68. The van der Waals surface area contributed by atoms with Crippen molar-refractivity contribution in [2.24, 2.45) is 5.92 Å². The number of nitrogens with zero attached hydrogens (tertiary/aromatic N) is 2. The molecule has 1 fully saturated rings. The number of likely N-dealkylation sites (tertiary alicyclic amines) is 1. The van der Waals surface area contributed by atoms with Gasteiger partial charge in [0.05, 0.1) is 0 Å². The van der Waals surface area contributed by atoms with E-state index < -0.39 is 0 Å². The van der Waals surface area contributed by atoms with Gasteiger partial charge in [-0.25, -0.2) is 4.79 Å². The van der Waals surface area contributed by atoms with Gasteiger partial charge in [-0.15, -0.1) is 0 Å². The fraction of sp³-hybridized carbons (Fsp3) is 0.800. The van der Waals surface area contributed by atoms with Gasteiger partial charge >= 0.3 is 6.03 Å². The lowest BCUT2D eigenvalue weighted by Gasteiger charge is -2.33. The summed E-state index contributed by atoms with van der Waals surface area (Å²) in [7, 11) is 3.60. The maximum Gasteiger partial charge on any atom is 0.319 e. The van der Waals surface area contributed by atoms with Gasteiger partial charge in [-0.2, -0.15) is 0 Å². The van der Waals surface area contributed by atoms with Crippen molar-refractivity contribution in [1.82, 2.24) is 9.80 Å². The van der Waals surface area contributed by atoms with E-state index >= 15 is 0 Å². The van der Waals surface area contributed by atoms with E-state index in [-0.39, 0.29) is 6.03 Å². The van der Waals surface area contributed by atoms with Crippen molar-refractivity contribution in [2.75, 3.05) is 27.2 Å². The highest BCUT2D eigenvalue weighted by atomic mass is 16.2. The minimum Gasteiger partial charge on any atom is -0.331 e. The smallest absolute Gasteiger partial charge is 0.319 e. The van der Waals surface area contributed by atoms with Crippen LogP contribution in [-0.4, -0.2) is 43.0 Å². The zero-order valence-corrected chi connectivity index (χ0v) is 8.62. The Morgan fingerprint density at radius 3 is 2.38 bits per heavy atom. The average Bonchev–Trinajstić information content (AvgIpc) is 2.17. The van der Waals surface area contributed by atoms with E-state index in [1.807, 2.05) is 4.90 Å². The number of carbonyl (C=O) groups is 1. The molecule has 75 valence electrons. The van der Waals surface area contributed by atoms with Crippen LogP contribution in [0.1, 0.15) is 19.3 Å². The van der Waals surface area contributed by atoms with Crippen molar-refractivity contribution in [2.45, 2.75) is 19.3 Å². The van der Waals surface area contributed by atoms with E-state index in [1.165, 1.54) is 0 Å². The molecule has 0 aromatic rings. The number of hydrogen-bond donors (Lipinski definition) is 0. The Bertz CT molecular complexity index is 172. The Kier molecular flexibility index (Phi) is 3.58. The second-order valence-electron chi connectivity index (χ2n) is 3.90. The maximum absolute atomic E-state index is 11.5. The minimum absolute atomic E-state index is 0.141. The molecule has 3 nitrogen and oxygen atoms in total. The molecule has 3 heteroatoms. The van der Waals surface area contributed by atoms with Gasteiger partial charge in [0.2, 0.25) is 0 Å². The molecule has 0 saturated carbocycles. The van der Waals surface area contributed by atoms with Crippen LogP contribution in [0, 0.1) is 12.8 Å². The first-order chi connectivity index (χ1) is 6.15. The van der Waals surface area contributed by atoms with Gasteiger partial charge in [0, 0.05) is 27.2 Å². The summed E-state index contributed by atoms with van der Waals surface area (Å²) in [6.45, 7) is 5.70. The number of carbonyl (C=O) groups excluding carboxylic acids is 1. The van der Waals surface area contributed by atoms with Crippen molar-refractivity contribution in [3.63, 3.8) is 0 Å². The molecule has 1 aliphatic rings. The second kappa shape index (κ2) is 4.49. The summed E-state index contributed by atoms with van der Waals surface area (Å²) in [5.74, 6) is 0.728. The van der Waals surface area contributed by atoms with Gasteiger partial charge < -0.3 is 9.80 Å². The summed E-state index contributed by atoms with van der Waals surface area (Å²) in [5, 5.41) is 0. The van der Waals surface area contributed by atoms with Crippen LogP contribution in [0.25, 0.3) is 0 Å². The number of hydrogen-bond acceptors (Lipinski definition) is 1. The molecule has 13 heavy (non-hydrogen) atoms. The summed E-state index contributed by atoms with van der Waals surface area (Å²) in [4.78, 5) is 15.1. The molecular formula is C10H19N2O. The molecule has 0 N–H and O–H groups in total. The molecule has 0 atom stereocenters. The summed E-state index contributed by atoms with van der Waals surface area (Å²) in [6, 6.07) is 0.141. The quantitative estimate of drug-likeness (QED) is 0.605. The lowest BCUT2D eigenvalue weighted by Crippen LogP contribution is -2.43. The molecule has 0 aliphatic carbocycles. The molecular weight excluding hydrogens is 164 g/mol. The largest absolute Gasteiger partial charge is 0.331 e. The number of piperidine rings is 1. The van der Waals surface area contributed by atoms with Crippen LogP contribution in [0.15, 0.2) is 0 Å². The molecule has 2 amide bonds. The Balaban J connectivity index is 2.36. The average molecular weight is 183 g/mol. The Morgan fingerprint density at radius 2 is 2.00 bits per heavy atom. The molecule has 1 saturated heterocycles. The first-order valence-electron chi connectivity index (χ1n) is 4.90. The van der Waals surface area contributed by atoms with E-state index in [1.54, 1.807) is 19.0 Å². The van der Waals surface area contributed by atoms with Crippen LogP contribution in [0.2, 0.25) is 0 Å². The zero-order valence-electron chi connectivity index (χ0n) is 8.62. The van der Waals surface area contributed by atoms with E-state index in [0.29, 0.717) is 0 Å². The van der Waals surface area contributed by atoms with Crippen molar-refractivity contribution in [3.05, 3.63) is 6.92 Å². The fourth-order valence-electron chi connectivity index (χ4n) is 1.70. The van der Waals surface area contributed by atoms with Crippen LogP contribution >= 0.6 is 0 Å². The molecule has 0 aromatic carbocycles. The van der Waals surface area contributed by atoms with Crippen LogP contribution < -0.4 is 0 Å². The standard InChI is InChI=1S/C10H19N2O/c1-4-9-5-7-12(8-6-9)10(13)11(2)3/h9H,1,4-8H2,2-3H3. The molecule has 0 aromatic heterocycles. The predicted molar refractivity (Wildman–Crippen MR) is 53.4 cm³/mol. The summed E-state index contributed by atoms with van der Waals surface area (Å²) >= 11 is 0. The molecule has 0 spiro atoms. The van der Waals surface area contributed by atoms with Gasteiger partial charge in [-0.05, 0) is 18.8 Å². The monoisotopic (exact) mass is 183 g/mol. The van der Waals surface area contributed by atoms with Crippen molar-refractivity contribution in [1.29, 1.82) is 0 Å². The summed E-state index contributed by atoms with van der Waals surface area (Å²) in [6.07, 6.45) is 3.23.